The molecule has 2 rings (SSSR count). The molecule has 1 amide bonds. The number of hydrogen-bond donors (Lipinski definition) is 1. The standard InChI is InChI=1S/C15H19NO3/c1-3-13(15(18)19)16(2)14(17)12-8-10-6-4-5-7-11(10)9-12/h4-7,12-13H,3,8-9H2,1-2H3,(H,18,19). The second kappa shape index (κ2) is 5.43. The first-order valence-electron chi connectivity index (χ1n) is 6.60. The zero-order valence-corrected chi connectivity index (χ0v) is 11.3. The van der Waals surface area contributed by atoms with Crippen molar-refractivity contribution in [1.82, 2.24) is 4.90 Å². The van der Waals surface area contributed by atoms with Gasteiger partial charge in [-0.3, -0.25) is 4.79 Å². The number of fused-ring (bicyclic) bond motifs is 1. The van der Waals surface area contributed by atoms with Gasteiger partial charge in [-0.2, -0.15) is 0 Å². The maximum Gasteiger partial charge on any atom is 0.326 e. The van der Waals surface area contributed by atoms with Gasteiger partial charge in [0, 0.05) is 13.0 Å². The van der Waals surface area contributed by atoms with Crippen LogP contribution >= 0.6 is 0 Å². The van der Waals surface area contributed by atoms with Crippen LogP contribution in [0.1, 0.15) is 24.5 Å². The molecule has 0 aromatic heterocycles. The van der Waals surface area contributed by atoms with Crippen molar-refractivity contribution < 1.29 is 14.7 Å². The van der Waals surface area contributed by atoms with E-state index in [9.17, 15) is 9.59 Å². The molecule has 1 atom stereocenters. The molecule has 1 aliphatic carbocycles. The van der Waals surface area contributed by atoms with Gasteiger partial charge in [0.1, 0.15) is 6.04 Å². The van der Waals surface area contributed by atoms with E-state index in [1.165, 1.54) is 16.0 Å². The highest BCUT2D eigenvalue weighted by molar-refractivity contribution is 5.85. The Kier molecular flexibility index (Phi) is 3.88. The van der Waals surface area contributed by atoms with E-state index in [1.807, 2.05) is 24.3 Å². The zero-order valence-electron chi connectivity index (χ0n) is 11.3. The van der Waals surface area contributed by atoms with Crippen molar-refractivity contribution in [2.45, 2.75) is 32.2 Å². The summed E-state index contributed by atoms with van der Waals surface area (Å²) in [5.41, 5.74) is 2.41. The largest absolute Gasteiger partial charge is 0.480 e. The van der Waals surface area contributed by atoms with Gasteiger partial charge in [0.25, 0.3) is 0 Å². The van der Waals surface area contributed by atoms with Crippen molar-refractivity contribution in [3.8, 4) is 0 Å². The summed E-state index contributed by atoms with van der Waals surface area (Å²) < 4.78 is 0. The highest BCUT2D eigenvalue weighted by atomic mass is 16.4. The van der Waals surface area contributed by atoms with Crippen LogP contribution < -0.4 is 0 Å². The molecule has 1 aromatic carbocycles. The van der Waals surface area contributed by atoms with Crippen molar-refractivity contribution in [1.29, 1.82) is 0 Å². The van der Waals surface area contributed by atoms with Crippen LogP contribution in [0.25, 0.3) is 0 Å². The maximum atomic E-state index is 12.4. The Labute approximate surface area is 113 Å². The van der Waals surface area contributed by atoms with Gasteiger partial charge in [-0.05, 0) is 30.4 Å². The van der Waals surface area contributed by atoms with Gasteiger partial charge >= 0.3 is 5.97 Å². The molecule has 0 aliphatic heterocycles. The average molecular weight is 261 g/mol. The summed E-state index contributed by atoms with van der Waals surface area (Å²) in [4.78, 5) is 24.9. The van der Waals surface area contributed by atoms with E-state index in [0.29, 0.717) is 6.42 Å². The number of carboxylic acid groups (broad SMARTS) is 1. The van der Waals surface area contributed by atoms with Gasteiger partial charge in [-0.25, -0.2) is 4.79 Å². The Bertz CT molecular complexity index is 473. The normalized spacial score (nSPS) is 15.9. The van der Waals surface area contributed by atoms with Crippen LogP contribution in [0.3, 0.4) is 0 Å². The number of carbonyl (C=O) groups is 2. The fraction of sp³-hybridized carbons (Fsp3) is 0.467. The number of rotatable bonds is 4. The van der Waals surface area contributed by atoms with Crippen molar-refractivity contribution in [2.75, 3.05) is 7.05 Å². The van der Waals surface area contributed by atoms with Crippen LogP contribution in [0.5, 0.6) is 0 Å². The molecule has 1 aliphatic rings. The number of benzene rings is 1. The third-order valence-electron chi connectivity index (χ3n) is 3.89. The van der Waals surface area contributed by atoms with E-state index in [4.69, 9.17) is 5.11 Å². The van der Waals surface area contributed by atoms with Crippen LogP contribution in [-0.2, 0) is 22.4 Å². The SMILES string of the molecule is CCC(C(=O)O)N(C)C(=O)C1Cc2ccccc2C1. The molecule has 1 unspecified atom stereocenters. The minimum atomic E-state index is -0.936. The van der Waals surface area contributed by atoms with Crippen LogP contribution in [0.2, 0.25) is 0 Å². The number of aliphatic carboxylic acids is 1. The summed E-state index contributed by atoms with van der Waals surface area (Å²) >= 11 is 0. The van der Waals surface area contributed by atoms with Crippen molar-refractivity contribution in [3.63, 3.8) is 0 Å². The summed E-state index contributed by atoms with van der Waals surface area (Å²) in [5.74, 6) is -1.12. The summed E-state index contributed by atoms with van der Waals surface area (Å²) in [6, 6.07) is 7.30. The molecule has 0 spiro atoms. The third-order valence-corrected chi connectivity index (χ3v) is 3.89. The number of nitrogens with zero attached hydrogens (tertiary/aromatic N) is 1. The van der Waals surface area contributed by atoms with E-state index >= 15 is 0 Å². The number of carboxylic acids is 1. The van der Waals surface area contributed by atoms with Crippen molar-refractivity contribution in [2.24, 2.45) is 5.92 Å². The molecule has 19 heavy (non-hydrogen) atoms. The van der Waals surface area contributed by atoms with Gasteiger partial charge in [-0.15, -0.1) is 0 Å². The lowest BCUT2D eigenvalue weighted by molar-refractivity contribution is -0.150. The second-order valence-electron chi connectivity index (χ2n) is 5.09. The molecule has 0 saturated heterocycles. The monoisotopic (exact) mass is 261 g/mol. The van der Waals surface area contributed by atoms with E-state index < -0.39 is 12.0 Å². The molecule has 0 fully saturated rings. The Hall–Kier alpha value is -1.84. The quantitative estimate of drug-likeness (QED) is 0.898. The molecule has 4 nitrogen and oxygen atoms in total. The summed E-state index contributed by atoms with van der Waals surface area (Å²) in [5, 5.41) is 9.12. The Morgan fingerprint density at radius 2 is 1.84 bits per heavy atom. The fourth-order valence-corrected chi connectivity index (χ4v) is 2.79. The number of hydrogen-bond acceptors (Lipinski definition) is 2. The topological polar surface area (TPSA) is 57.6 Å². The van der Waals surface area contributed by atoms with E-state index in [0.717, 1.165) is 12.8 Å². The van der Waals surface area contributed by atoms with Crippen LogP contribution in [-0.4, -0.2) is 35.0 Å². The predicted octanol–water partition coefficient (Wildman–Crippen LogP) is 1.72. The molecule has 1 N–H and O–H groups in total. The number of carbonyl (C=O) groups excluding carboxylic acids is 1. The predicted molar refractivity (Wildman–Crippen MR) is 71.8 cm³/mol. The molecule has 0 saturated carbocycles. The Morgan fingerprint density at radius 3 is 2.26 bits per heavy atom. The first-order chi connectivity index (χ1) is 9.04. The molecule has 102 valence electrons. The summed E-state index contributed by atoms with van der Waals surface area (Å²) in [6.45, 7) is 1.78. The Balaban J connectivity index is 2.08. The molecule has 4 heteroatoms. The lowest BCUT2D eigenvalue weighted by Gasteiger charge is -2.26. The second-order valence-corrected chi connectivity index (χ2v) is 5.09. The molecular weight excluding hydrogens is 242 g/mol. The summed E-state index contributed by atoms with van der Waals surface area (Å²) in [7, 11) is 1.59. The van der Waals surface area contributed by atoms with E-state index in [-0.39, 0.29) is 11.8 Å². The molecular formula is C15H19NO3. The summed E-state index contributed by atoms with van der Waals surface area (Å²) in [6.07, 6.45) is 1.86. The van der Waals surface area contributed by atoms with Crippen LogP contribution in [0.4, 0.5) is 0 Å². The van der Waals surface area contributed by atoms with Gasteiger partial charge in [0.2, 0.25) is 5.91 Å². The first-order valence-corrected chi connectivity index (χ1v) is 6.60. The first kappa shape index (κ1) is 13.6. The number of likely N-dealkylation sites (N-methyl/N-ethyl adjacent to an activating group) is 1. The molecule has 0 radical (unpaired) electrons. The average Bonchev–Trinajstić information content (AvgIpc) is 2.81. The van der Waals surface area contributed by atoms with Crippen LogP contribution in [0, 0.1) is 5.92 Å². The van der Waals surface area contributed by atoms with Gasteiger partial charge in [0.15, 0.2) is 0 Å². The minimum absolute atomic E-state index is 0.0644. The van der Waals surface area contributed by atoms with Gasteiger partial charge in [-0.1, -0.05) is 31.2 Å². The zero-order chi connectivity index (χ0) is 14.0. The van der Waals surface area contributed by atoms with Gasteiger partial charge < -0.3 is 10.0 Å². The minimum Gasteiger partial charge on any atom is -0.480 e. The van der Waals surface area contributed by atoms with E-state index in [1.54, 1.807) is 14.0 Å². The highest BCUT2D eigenvalue weighted by Crippen LogP contribution is 2.28. The number of amides is 1. The molecule has 0 heterocycles. The van der Waals surface area contributed by atoms with E-state index in [2.05, 4.69) is 0 Å². The fourth-order valence-electron chi connectivity index (χ4n) is 2.79. The van der Waals surface area contributed by atoms with Crippen LogP contribution in [0.15, 0.2) is 24.3 Å². The maximum absolute atomic E-state index is 12.4. The van der Waals surface area contributed by atoms with Crippen molar-refractivity contribution in [3.05, 3.63) is 35.4 Å². The lowest BCUT2D eigenvalue weighted by atomic mass is 10.0. The van der Waals surface area contributed by atoms with Crippen molar-refractivity contribution >= 4 is 11.9 Å². The van der Waals surface area contributed by atoms with Gasteiger partial charge in [0.05, 0.1) is 0 Å². The Morgan fingerprint density at radius 1 is 1.32 bits per heavy atom. The molecule has 0 bridgehead atoms. The molecule has 1 aromatic rings. The lowest BCUT2D eigenvalue weighted by Crippen LogP contribution is -2.44. The third kappa shape index (κ3) is 2.62. The smallest absolute Gasteiger partial charge is 0.326 e. The highest BCUT2D eigenvalue weighted by Gasteiger charge is 2.33.